The normalized spacial score (nSPS) is 18.4. The highest BCUT2D eigenvalue weighted by Gasteiger charge is 2.50. The molecule has 1 aliphatic heterocycles. The highest BCUT2D eigenvalue weighted by atomic mass is 35.5. The first-order valence-corrected chi connectivity index (χ1v) is 10.9. The lowest BCUT2D eigenvalue weighted by atomic mass is 9.86. The van der Waals surface area contributed by atoms with Crippen molar-refractivity contribution < 1.29 is 4.79 Å². The van der Waals surface area contributed by atoms with Crippen LogP contribution in [-0.2, 0) is 5.41 Å². The SMILES string of the molecule is CC(C)(C)c1ccc(C2=NC3(CCCC3)N(C(=O)c3ccc(Cl)cc3)C2=S)cc1. The van der Waals surface area contributed by atoms with Crippen molar-refractivity contribution in [3.63, 3.8) is 0 Å². The lowest BCUT2D eigenvalue weighted by Gasteiger charge is -2.32. The van der Waals surface area contributed by atoms with Crippen molar-refractivity contribution in [2.75, 3.05) is 0 Å². The van der Waals surface area contributed by atoms with Crippen molar-refractivity contribution in [2.24, 2.45) is 4.99 Å². The van der Waals surface area contributed by atoms with Crippen LogP contribution in [0.2, 0.25) is 5.02 Å². The zero-order valence-corrected chi connectivity index (χ0v) is 18.6. The highest BCUT2D eigenvalue weighted by Crippen LogP contribution is 2.42. The number of nitrogens with zero attached hydrogens (tertiary/aromatic N) is 2. The minimum atomic E-state index is -0.550. The van der Waals surface area contributed by atoms with E-state index in [1.165, 1.54) is 5.56 Å². The van der Waals surface area contributed by atoms with Gasteiger partial charge in [-0.25, -0.2) is 0 Å². The Bertz CT molecular complexity index is 981. The molecule has 1 aliphatic carbocycles. The number of hydrogen-bond donors (Lipinski definition) is 0. The van der Waals surface area contributed by atoms with Gasteiger partial charge in [0.1, 0.15) is 16.4 Å². The zero-order chi connectivity index (χ0) is 20.8. The van der Waals surface area contributed by atoms with Gasteiger partial charge in [-0.15, -0.1) is 0 Å². The van der Waals surface area contributed by atoms with Gasteiger partial charge in [-0.2, -0.15) is 0 Å². The second-order valence-corrected chi connectivity index (χ2v) is 9.75. The van der Waals surface area contributed by atoms with E-state index in [1.807, 2.05) is 0 Å². The molecule has 2 aromatic rings. The molecule has 0 saturated heterocycles. The van der Waals surface area contributed by atoms with E-state index in [0.29, 0.717) is 15.6 Å². The molecule has 0 aromatic heterocycles. The predicted molar refractivity (Wildman–Crippen MR) is 123 cm³/mol. The molecule has 2 aliphatic rings. The van der Waals surface area contributed by atoms with E-state index in [4.69, 9.17) is 28.8 Å². The van der Waals surface area contributed by atoms with Crippen LogP contribution in [-0.4, -0.2) is 27.2 Å². The van der Waals surface area contributed by atoms with Crippen molar-refractivity contribution in [1.82, 2.24) is 4.90 Å². The van der Waals surface area contributed by atoms with Crippen LogP contribution in [0.25, 0.3) is 0 Å². The fourth-order valence-corrected chi connectivity index (χ4v) is 4.74. The summed E-state index contributed by atoms with van der Waals surface area (Å²) in [7, 11) is 0. The molecule has 0 N–H and O–H groups in total. The van der Waals surface area contributed by atoms with Crippen LogP contribution in [0.1, 0.15) is 67.9 Å². The number of hydrogen-bond acceptors (Lipinski definition) is 3. The molecule has 29 heavy (non-hydrogen) atoms. The van der Waals surface area contributed by atoms with Gasteiger partial charge in [-0.05, 0) is 60.9 Å². The first-order valence-electron chi connectivity index (χ1n) is 10.1. The Morgan fingerprint density at radius 1 is 1.03 bits per heavy atom. The summed E-state index contributed by atoms with van der Waals surface area (Å²) in [5.74, 6) is -0.0985. The van der Waals surface area contributed by atoms with Crippen LogP contribution in [0.4, 0.5) is 0 Å². The van der Waals surface area contributed by atoms with Gasteiger partial charge in [-0.1, -0.05) is 68.9 Å². The summed E-state index contributed by atoms with van der Waals surface area (Å²) in [5.41, 5.74) is 3.11. The number of thiocarbonyl (C=S) groups is 1. The monoisotopic (exact) mass is 424 g/mol. The smallest absolute Gasteiger partial charge is 0.260 e. The summed E-state index contributed by atoms with van der Waals surface area (Å²) >= 11 is 11.8. The molecule has 3 nitrogen and oxygen atoms in total. The summed E-state index contributed by atoms with van der Waals surface area (Å²) in [4.78, 5) is 20.8. The van der Waals surface area contributed by atoms with Crippen LogP contribution >= 0.6 is 23.8 Å². The number of aliphatic imine (C=N–C) groups is 1. The van der Waals surface area contributed by atoms with E-state index in [2.05, 4.69) is 45.0 Å². The fourth-order valence-electron chi connectivity index (χ4n) is 4.20. The lowest BCUT2D eigenvalue weighted by Crippen LogP contribution is -2.48. The van der Waals surface area contributed by atoms with Gasteiger partial charge in [0.15, 0.2) is 0 Å². The van der Waals surface area contributed by atoms with Gasteiger partial charge in [0.2, 0.25) is 0 Å². The fraction of sp³-hybridized carbons (Fsp3) is 0.375. The largest absolute Gasteiger partial charge is 0.271 e. The summed E-state index contributed by atoms with van der Waals surface area (Å²) in [6, 6.07) is 15.4. The third-order valence-corrected chi connectivity index (χ3v) is 6.49. The first kappa shape index (κ1) is 20.2. The van der Waals surface area contributed by atoms with Gasteiger partial charge < -0.3 is 0 Å². The van der Waals surface area contributed by atoms with Gasteiger partial charge >= 0.3 is 0 Å². The van der Waals surface area contributed by atoms with Gasteiger partial charge in [-0.3, -0.25) is 14.7 Å². The van der Waals surface area contributed by atoms with E-state index in [9.17, 15) is 4.79 Å². The molecular formula is C24H25ClN2OS. The van der Waals surface area contributed by atoms with Crippen molar-refractivity contribution in [1.29, 1.82) is 0 Å². The minimum Gasteiger partial charge on any atom is -0.271 e. The van der Waals surface area contributed by atoms with E-state index in [1.54, 1.807) is 29.2 Å². The molecule has 1 saturated carbocycles. The Morgan fingerprint density at radius 2 is 1.62 bits per heavy atom. The van der Waals surface area contributed by atoms with Crippen LogP contribution < -0.4 is 0 Å². The molecule has 0 radical (unpaired) electrons. The number of benzene rings is 2. The molecule has 2 aromatic carbocycles. The van der Waals surface area contributed by atoms with E-state index in [-0.39, 0.29) is 11.3 Å². The quantitative estimate of drug-likeness (QED) is 0.539. The third-order valence-electron chi connectivity index (χ3n) is 5.86. The van der Waals surface area contributed by atoms with Gasteiger partial charge in [0.25, 0.3) is 5.91 Å². The third kappa shape index (κ3) is 3.64. The molecular weight excluding hydrogens is 400 g/mol. The Kier molecular flexibility index (Phi) is 5.12. The summed E-state index contributed by atoms with van der Waals surface area (Å²) in [5, 5.41) is 0.608. The molecule has 1 amide bonds. The standard InChI is InChI=1S/C24H25ClN2OS/c1-23(2,3)18-10-6-16(7-11-18)20-22(29)27(24(26-20)14-4-5-15-24)21(28)17-8-12-19(25)13-9-17/h6-13H,4-5,14-15H2,1-3H3. The molecule has 5 heteroatoms. The molecule has 1 fully saturated rings. The van der Waals surface area contributed by atoms with E-state index < -0.39 is 5.66 Å². The molecule has 0 bridgehead atoms. The minimum absolute atomic E-state index is 0.0831. The molecule has 0 atom stereocenters. The predicted octanol–water partition coefficient (Wildman–Crippen LogP) is 6.18. The number of carbonyl (C=O) groups is 1. The summed E-state index contributed by atoms with van der Waals surface area (Å²) < 4.78 is 0. The molecule has 1 heterocycles. The lowest BCUT2D eigenvalue weighted by molar-refractivity contribution is 0.0724. The molecule has 4 rings (SSSR count). The Balaban J connectivity index is 1.71. The number of rotatable bonds is 2. The van der Waals surface area contributed by atoms with Crippen LogP contribution in [0.3, 0.4) is 0 Å². The van der Waals surface area contributed by atoms with Crippen LogP contribution in [0.5, 0.6) is 0 Å². The van der Waals surface area contributed by atoms with Crippen LogP contribution in [0.15, 0.2) is 53.5 Å². The highest BCUT2D eigenvalue weighted by molar-refractivity contribution is 7.82. The summed E-state index contributed by atoms with van der Waals surface area (Å²) in [6.45, 7) is 6.58. The topological polar surface area (TPSA) is 32.7 Å². The molecule has 1 spiro atoms. The molecule has 0 unspecified atom stereocenters. The maximum atomic E-state index is 13.4. The van der Waals surface area contributed by atoms with E-state index >= 15 is 0 Å². The maximum Gasteiger partial charge on any atom is 0.260 e. The van der Waals surface area contributed by atoms with Gasteiger partial charge in [0.05, 0.1) is 0 Å². The Hall–Kier alpha value is -2.04. The summed E-state index contributed by atoms with van der Waals surface area (Å²) in [6.07, 6.45) is 3.78. The van der Waals surface area contributed by atoms with E-state index in [0.717, 1.165) is 37.0 Å². The first-order chi connectivity index (χ1) is 13.7. The van der Waals surface area contributed by atoms with Crippen LogP contribution in [0, 0.1) is 0 Å². The second kappa shape index (κ2) is 7.33. The number of halogens is 1. The van der Waals surface area contributed by atoms with Crippen molar-refractivity contribution >= 4 is 40.4 Å². The second-order valence-electron chi connectivity index (χ2n) is 8.93. The number of carbonyl (C=O) groups excluding carboxylic acids is 1. The zero-order valence-electron chi connectivity index (χ0n) is 17.0. The maximum absolute atomic E-state index is 13.4. The number of amides is 1. The molecule has 150 valence electrons. The van der Waals surface area contributed by atoms with Crippen molar-refractivity contribution in [3.8, 4) is 0 Å². The van der Waals surface area contributed by atoms with Gasteiger partial charge in [0, 0.05) is 16.1 Å². The Morgan fingerprint density at radius 3 is 2.17 bits per heavy atom. The average molecular weight is 425 g/mol. The Labute approximate surface area is 182 Å². The van der Waals surface area contributed by atoms with Crippen molar-refractivity contribution in [2.45, 2.75) is 57.5 Å². The average Bonchev–Trinajstić information content (AvgIpc) is 3.26. The van der Waals surface area contributed by atoms with Crippen molar-refractivity contribution in [3.05, 3.63) is 70.2 Å².